The molecule has 16 heavy (non-hydrogen) atoms. The Morgan fingerprint density at radius 2 is 2.12 bits per heavy atom. The topological polar surface area (TPSA) is 53.9 Å². The zero-order valence-electron chi connectivity index (χ0n) is 10.8. The Bertz CT molecular complexity index is 242. The molecule has 1 atom stereocenters. The van der Waals surface area contributed by atoms with Crippen LogP contribution < -0.4 is 5.32 Å². The first-order valence-electron chi connectivity index (χ1n) is 5.98. The molecule has 0 aromatic rings. The van der Waals surface area contributed by atoms with E-state index in [1.807, 2.05) is 6.92 Å². The third kappa shape index (κ3) is 6.08. The van der Waals surface area contributed by atoms with Gasteiger partial charge < -0.3 is 15.3 Å². The number of oxime groups is 1. The maximum absolute atomic E-state index is 9.62. The van der Waals surface area contributed by atoms with Gasteiger partial charge in [-0.1, -0.05) is 5.16 Å². The zero-order valence-corrected chi connectivity index (χ0v) is 10.8. The van der Waals surface area contributed by atoms with Gasteiger partial charge in [-0.2, -0.15) is 0 Å². The van der Waals surface area contributed by atoms with Gasteiger partial charge >= 0.3 is 0 Å². The molecule has 1 aliphatic rings. The molecule has 2 N–H and O–H groups in total. The molecule has 1 rings (SSSR count). The molecule has 1 aliphatic carbocycles. The van der Waals surface area contributed by atoms with E-state index in [-0.39, 0.29) is 12.1 Å². The fourth-order valence-corrected chi connectivity index (χ4v) is 1.28. The van der Waals surface area contributed by atoms with Crippen molar-refractivity contribution in [2.45, 2.75) is 52.2 Å². The van der Waals surface area contributed by atoms with Gasteiger partial charge in [-0.15, -0.1) is 0 Å². The molecule has 0 radical (unpaired) electrons. The van der Waals surface area contributed by atoms with Crippen LogP contribution in [0.4, 0.5) is 0 Å². The molecule has 0 aromatic carbocycles. The van der Waals surface area contributed by atoms with Gasteiger partial charge in [0.1, 0.15) is 12.7 Å². The summed E-state index contributed by atoms with van der Waals surface area (Å²) >= 11 is 0. The van der Waals surface area contributed by atoms with Crippen LogP contribution in [-0.2, 0) is 4.84 Å². The molecule has 0 spiro atoms. The minimum atomic E-state index is -0.505. The molecular formula is C12H24N2O2. The summed E-state index contributed by atoms with van der Waals surface area (Å²) in [5.74, 6) is 0.629. The van der Waals surface area contributed by atoms with Crippen LogP contribution in [0.5, 0.6) is 0 Å². The molecule has 0 aromatic heterocycles. The molecule has 0 heterocycles. The highest BCUT2D eigenvalue weighted by atomic mass is 16.6. The monoisotopic (exact) mass is 228 g/mol. The average Bonchev–Trinajstić information content (AvgIpc) is 2.96. The second kappa shape index (κ2) is 5.64. The van der Waals surface area contributed by atoms with E-state index >= 15 is 0 Å². The van der Waals surface area contributed by atoms with E-state index in [2.05, 4.69) is 31.2 Å². The van der Waals surface area contributed by atoms with Crippen LogP contribution in [0.15, 0.2) is 5.16 Å². The van der Waals surface area contributed by atoms with Crippen LogP contribution in [0.2, 0.25) is 0 Å². The van der Waals surface area contributed by atoms with Gasteiger partial charge in [0.25, 0.3) is 0 Å². The molecular weight excluding hydrogens is 204 g/mol. The van der Waals surface area contributed by atoms with E-state index < -0.39 is 6.10 Å². The zero-order chi connectivity index (χ0) is 12.2. The normalized spacial score (nSPS) is 19.7. The fourth-order valence-electron chi connectivity index (χ4n) is 1.28. The van der Waals surface area contributed by atoms with Crippen molar-refractivity contribution in [3.05, 3.63) is 0 Å². The van der Waals surface area contributed by atoms with E-state index in [9.17, 15) is 5.11 Å². The summed E-state index contributed by atoms with van der Waals surface area (Å²) in [6, 6.07) is 0. The molecule has 4 nitrogen and oxygen atoms in total. The van der Waals surface area contributed by atoms with E-state index in [1.165, 1.54) is 12.8 Å². The van der Waals surface area contributed by atoms with E-state index in [4.69, 9.17) is 4.84 Å². The van der Waals surface area contributed by atoms with Crippen LogP contribution >= 0.6 is 0 Å². The second-order valence-electron chi connectivity index (χ2n) is 5.59. The van der Waals surface area contributed by atoms with E-state index in [0.29, 0.717) is 12.5 Å². The van der Waals surface area contributed by atoms with E-state index in [0.717, 1.165) is 5.71 Å². The van der Waals surface area contributed by atoms with Gasteiger partial charge in [-0.25, -0.2) is 0 Å². The van der Waals surface area contributed by atoms with Gasteiger partial charge in [-0.3, -0.25) is 0 Å². The lowest BCUT2D eigenvalue weighted by molar-refractivity contribution is 0.0368. The molecule has 1 fully saturated rings. The van der Waals surface area contributed by atoms with Crippen LogP contribution in [0.3, 0.4) is 0 Å². The van der Waals surface area contributed by atoms with Crippen LogP contribution in [0, 0.1) is 5.92 Å². The summed E-state index contributed by atoms with van der Waals surface area (Å²) in [4.78, 5) is 5.12. The van der Waals surface area contributed by atoms with E-state index in [1.54, 1.807) is 0 Å². The second-order valence-corrected chi connectivity index (χ2v) is 5.59. The van der Waals surface area contributed by atoms with Crippen molar-refractivity contribution >= 4 is 5.71 Å². The number of hydrogen-bond acceptors (Lipinski definition) is 4. The number of rotatable bonds is 6. The number of aliphatic hydroxyl groups is 1. The van der Waals surface area contributed by atoms with Gasteiger partial charge in [0.05, 0.1) is 5.71 Å². The highest BCUT2D eigenvalue weighted by Gasteiger charge is 2.24. The van der Waals surface area contributed by atoms with Gasteiger partial charge in [0.2, 0.25) is 0 Å². The highest BCUT2D eigenvalue weighted by molar-refractivity contribution is 5.85. The number of β-amino-alcohol motifs (C(OH)–C–C–N with tert-alkyl or cyclic N) is 1. The van der Waals surface area contributed by atoms with Crippen molar-refractivity contribution < 1.29 is 9.94 Å². The van der Waals surface area contributed by atoms with Crippen molar-refractivity contribution in [1.29, 1.82) is 0 Å². The fraction of sp³-hybridized carbons (Fsp3) is 0.917. The summed E-state index contributed by atoms with van der Waals surface area (Å²) in [5.41, 5.74) is 1.07. The predicted octanol–water partition coefficient (Wildman–Crippen LogP) is 1.54. The number of nitrogens with zero attached hydrogens (tertiary/aromatic N) is 1. The van der Waals surface area contributed by atoms with Crippen molar-refractivity contribution in [3.8, 4) is 0 Å². The summed E-state index contributed by atoms with van der Waals surface area (Å²) in [6.07, 6.45) is 1.95. The Morgan fingerprint density at radius 1 is 1.50 bits per heavy atom. The van der Waals surface area contributed by atoms with Gasteiger partial charge in [-0.05, 0) is 40.5 Å². The first-order valence-corrected chi connectivity index (χ1v) is 5.98. The number of aliphatic hydroxyl groups excluding tert-OH is 1. The van der Waals surface area contributed by atoms with Crippen molar-refractivity contribution in [1.82, 2.24) is 5.32 Å². The highest BCUT2D eigenvalue weighted by Crippen LogP contribution is 2.30. The Labute approximate surface area is 98.1 Å². The lowest BCUT2D eigenvalue weighted by Crippen LogP contribution is -2.42. The quantitative estimate of drug-likeness (QED) is 0.535. The summed E-state index contributed by atoms with van der Waals surface area (Å²) < 4.78 is 0. The predicted molar refractivity (Wildman–Crippen MR) is 65.5 cm³/mol. The molecule has 4 heteroatoms. The standard InChI is InChI=1S/C12H24N2O2/c1-9(10-5-6-10)14-16-8-11(15)7-13-12(2,3)4/h10-11,13,15H,5-8H2,1-4H3/b14-9-. The minimum Gasteiger partial charge on any atom is -0.393 e. The molecule has 0 bridgehead atoms. The third-order valence-electron chi connectivity index (χ3n) is 2.51. The largest absolute Gasteiger partial charge is 0.393 e. The van der Waals surface area contributed by atoms with Crippen molar-refractivity contribution in [3.63, 3.8) is 0 Å². The van der Waals surface area contributed by atoms with Crippen molar-refractivity contribution in [2.75, 3.05) is 13.2 Å². The van der Waals surface area contributed by atoms with Crippen LogP contribution in [-0.4, -0.2) is 35.6 Å². The number of nitrogens with one attached hydrogen (secondary N) is 1. The smallest absolute Gasteiger partial charge is 0.144 e. The minimum absolute atomic E-state index is 0.0220. The lowest BCUT2D eigenvalue weighted by Gasteiger charge is -2.22. The Morgan fingerprint density at radius 3 is 2.62 bits per heavy atom. The third-order valence-corrected chi connectivity index (χ3v) is 2.51. The Balaban J connectivity index is 2.10. The summed E-state index contributed by atoms with van der Waals surface area (Å²) in [6.45, 7) is 8.97. The van der Waals surface area contributed by atoms with Crippen LogP contribution in [0.1, 0.15) is 40.5 Å². The average molecular weight is 228 g/mol. The Kier molecular flexibility index (Phi) is 4.74. The molecule has 0 amide bonds. The first kappa shape index (κ1) is 13.5. The van der Waals surface area contributed by atoms with Crippen molar-refractivity contribution in [2.24, 2.45) is 11.1 Å². The van der Waals surface area contributed by atoms with Gasteiger partial charge in [0.15, 0.2) is 0 Å². The SMILES string of the molecule is C/C(=N/OCC(O)CNC(C)(C)C)C1CC1. The molecule has 1 unspecified atom stereocenters. The number of hydrogen-bond donors (Lipinski definition) is 2. The van der Waals surface area contributed by atoms with Gasteiger partial charge in [0, 0.05) is 18.0 Å². The molecule has 0 aliphatic heterocycles. The summed E-state index contributed by atoms with van der Waals surface area (Å²) in [7, 11) is 0. The Hall–Kier alpha value is -0.610. The maximum Gasteiger partial charge on any atom is 0.144 e. The molecule has 94 valence electrons. The lowest BCUT2D eigenvalue weighted by atomic mass is 10.1. The first-order chi connectivity index (χ1) is 7.38. The van der Waals surface area contributed by atoms with Crippen LogP contribution in [0.25, 0.3) is 0 Å². The molecule has 1 saturated carbocycles. The maximum atomic E-state index is 9.62. The molecule has 0 saturated heterocycles. The summed E-state index contributed by atoms with van der Waals surface area (Å²) in [5, 5.41) is 16.8.